The van der Waals surface area contributed by atoms with Crippen molar-refractivity contribution in [1.82, 2.24) is 0 Å². The molecular weight excluding hydrogens is 326 g/mol. The third kappa shape index (κ3) is 4.63. The molecule has 0 saturated heterocycles. The van der Waals surface area contributed by atoms with E-state index in [1.165, 1.54) is 11.8 Å². The van der Waals surface area contributed by atoms with Gasteiger partial charge < -0.3 is 15.1 Å². The average Bonchev–Trinajstić information content (AvgIpc) is 2.55. The third-order valence-electron chi connectivity index (χ3n) is 4.30. The first-order chi connectivity index (χ1) is 12.2. The molecule has 138 valence electrons. The molecule has 5 heteroatoms. The van der Waals surface area contributed by atoms with Crippen LogP contribution in [-0.2, 0) is 9.59 Å². The van der Waals surface area contributed by atoms with Gasteiger partial charge in [-0.2, -0.15) is 0 Å². The Bertz CT molecular complexity index is 788. The summed E-state index contributed by atoms with van der Waals surface area (Å²) in [5.41, 5.74) is 5.74. The molecule has 0 radical (unpaired) electrons. The van der Waals surface area contributed by atoms with E-state index < -0.39 is 0 Å². The van der Waals surface area contributed by atoms with Crippen molar-refractivity contribution < 1.29 is 9.59 Å². The van der Waals surface area contributed by atoms with Crippen LogP contribution < -0.4 is 15.1 Å². The molecule has 5 nitrogen and oxygen atoms in total. The molecule has 0 aliphatic carbocycles. The zero-order chi connectivity index (χ0) is 19.4. The molecule has 0 unspecified atom stereocenters. The number of aryl methyl sites for hydroxylation is 3. The number of hydrogen-bond donors (Lipinski definition) is 1. The smallest absolute Gasteiger partial charge is 0.244 e. The van der Waals surface area contributed by atoms with Gasteiger partial charge in [-0.1, -0.05) is 17.7 Å². The first kappa shape index (κ1) is 19.5. The summed E-state index contributed by atoms with van der Waals surface area (Å²) in [6.07, 6.45) is 0. The second kappa shape index (κ2) is 8.04. The maximum Gasteiger partial charge on any atom is 0.244 e. The summed E-state index contributed by atoms with van der Waals surface area (Å²) < 4.78 is 0. The summed E-state index contributed by atoms with van der Waals surface area (Å²) in [6.45, 7) is 7.41. The van der Waals surface area contributed by atoms with Crippen LogP contribution in [0.3, 0.4) is 0 Å². The SMILES string of the molecule is CC(=O)N(CC(=O)Nc1c(C)cc(C)cc1C)c1ccc(N(C)C)cc1. The number of carbonyl (C=O) groups is 2. The van der Waals surface area contributed by atoms with Crippen molar-refractivity contribution in [3.05, 3.63) is 53.1 Å². The standard InChI is InChI=1S/C21H27N3O2/c1-14-11-15(2)21(16(3)12-14)22-20(26)13-24(17(4)25)19-9-7-18(8-10-19)23(5)6/h7-12H,13H2,1-6H3,(H,22,26). The van der Waals surface area contributed by atoms with Gasteiger partial charge >= 0.3 is 0 Å². The van der Waals surface area contributed by atoms with Gasteiger partial charge in [0.25, 0.3) is 0 Å². The monoisotopic (exact) mass is 353 g/mol. The summed E-state index contributed by atoms with van der Waals surface area (Å²) in [5.74, 6) is -0.387. The predicted octanol–water partition coefficient (Wildman–Crippen LogP) is 3.67. The average molecular weight is 353 g/mol. The number of amides is 2. The molecule has 2 aromatic carbocycles. The molecule has 0 bridgehead atoms. The Morgan fingerprint density at radius 1 is 0.923 bits per heavy atom. The number of benzene rings is 2. The van der Waals surface area contributed by atoms with Gasteiger partial charge in [-0.25, -0.2) is 0 Å². The number of nitrogens with zero attached hydrogens (tertiary/aromatic N) is 2. The van der Waals surface area contributed by atoms with Crippen LogP contribution in [0.2, 0.25) is 0 Å². The largest absolute Gasteiger partial charge is 0.378 e. The molecule has 26 heavy (non-hydrogen) atoms. The summed E-state index contributed by atoms with van der Waals surface area (Å²) in [7, 11) is 3.91. The van der Waals surface area contributed by atoms with Crippen LogP contribution in [0.4, 0.5) is 17.1 Å². The van der Waals surface area contributed by atoms with E-state index in [0.717, 1.165) is 28.1 Å². The van der Waals surface area contributed by atoms with Crippen LogP contribution in [0, 0.1) is 20.8 Å². The Kier molecular flexibility index (Phi) is 6.03. The van der Waals surface area contributed by atoms with Gasteiger partial charge in [-0.15, -0.1) is 0 Å². The van der Waals surface area contributed by atoms with Crippen molar-refractivity contribution in [3.63, 3.8) is 0 Å². The lowest BCUT2D eigenvalue weighted by Gasteiger charge is -2.22. The van der Waals surface area contributed by atoms with E-state index in [-0.39, 0.29) is 18.4 Å². The van der Waals surface area contributed by atoms with Crippen LogP contribution in [-0.4, -0.2) is 32.5 Å². The molecular formula is C21H27N3O2. The van der Waals surface area contributed by atoms with Gasteiger partial charge in [0.05, 0.1) is 0 Å². The van der Waals surface area contributed by atoms with Gasteiger partial charge in [0.1, 0.15) is 6.54 Å². The van der Waals surface area contributed by atoms with Crippen molar-refractivity contribution in [2.24, 2.45) is 0 Å². The predicted molar refractivity (Wildman–Crippen MR) is 108 cm³/mol. The van der Waals surface area contributed by atoms with Crippen LogP contribution in [0.25, 0.3) is 0 Å². The van der Waals surface area contributed by atoms with Crippen LogP contribution in [0.1, 0.15) is 23.6 Å². The molecule has 2 aromatic rings. The fraction of sp³-hybridized carbons (Fsp3) is 0.333. The van der Waals surface area contributed by atoms with E-state index in [1.807, 2.05) is 76.2 Å². The van der Waals surface area contributed by atoms with E-state index >= 15 is 0 Å². The molecule has 0 heterocycles. The minimum atomic E-state index is -0.216. The van der Waals surface area contributed by atoms with Crippen LogP contribution in [0.15, 0.2) is 36.4 Å². The van der Waals surface area contributed by atoms with E-state index in [9.17, 15) is 9.59 Å². The Morgan fingerprint density at radius 3 is 1.88 bits per heavy atom. The lowest BCUT2D eigenvalue weighted by molar-refractivity contribution is -0.120. The number of rotatable bonds is 5. The number of hydrogen-bond acceptors (Lipinski definition) is 3. The molecule has 0 aliphatic rings. The van der Waals surface area contributed by atoms with Crippen LogP contribution >= 0.6 is 0 Å². The second-order valence-corrected chi connectivity index (χ2v) is 6.84. The molecule has 0 aromatic heterocycles. The highest BCUT2D eigenvalue weighted by atomic mass is 16.2. The topological polar surface area (TPSA) is 52.7 Å². The van der Waals surface area contributed by atoms with Gasteiger partial charge in [-0.3, -0.25) is 9.59 Å². The van der Waals surface area contributed by atoms with Crippen molar-refractivity contribution in [3.8, 4) is 0 Å². The van der Waals surface area contributed by atoms with Crippen molar-refractivity contribution in [2.75, 3.05) is 35.8 Å². The highest BCUT2D eigenvalue weighted by Gasteiger charge is 2.17. The van der Waals surface area contributed by atoms with Crippen molar-refractivity contribution in [2.45, 2.75) is 27.7 Å². The van der Waals surface area contributed by atoms with E-state index in [1.54, 1.807) is 0 Å². The Morgan fingerprint density at radius 2 is 1.42 bits per heavy atom. The Balaban J connectivity index is 2.17. The van der Waals surface area contributed by atoms with Gasteiger partial charge in [-0.05, 0) is 56.2 Å². The fourth-order valence-electron chi connectivity index (χ4n) is 3.01. The highest BCUT2D eigenvalue weighted by Crippen LogP contribution is 2.23. The minimum Gasteiger partial charge on any atom is -0.378 e. The molecule has 2 amide bonds. The maximum atomic E-state index is 12.6. The normalized spacial score (nSPS) is 10.4. The maximum absolute atomic E-state index is 12.6. The Hall–Kier alpha value is -2.82. The minimum absolute atomic E-state index is 0.0244. The van der Waals surface area contributed by atoms with Crippen molar-refractivity contribution >= 4 is 28.9 Å². The zero-order valence-corrected chi connectivity index (χ0v) is 16.4. The third-order valence-corrected chi connectivity index (χ3v) is 4.30. The molecule has 0 spiro atoms. The van der Waals surface area contributed by atoms with Crippen molar-refractivity contribution in [1.29, 1.82) is 0 Å². The number of anilines is 3. The number of nitrogens with one attached hydrogen (secondary N) is 1. The van der Waals surface area contributed by atoms with Gasteiger partial charge in [0.15, 0.2) is 0 Å². The first-order valence-electron chi connectivity index (χ1n) is 8.62. The molecule has 2 rings (SSSR count). The molecule has 0 saturated carbocycles. The molecule has 0 atom stereocenters. The molecule has 0 fully saturated rings. The lowest BCUT2D eigenvalue weighted by Crippen LogP contribution is -2.36. The number of carbonyl (C=O) groups excluding carboxylic acids is 2. The second-order valence-electron chi connectivity index (χ2n) is 6.84. The summed E-state index contributed by atoms with van der Waals surface area (Å²) >= 11 is 0. The van der Waals surface area contributed by atoms with E-state index in [0.29, 0.717) is 5.69 Å². The molecule has 1 N–H and O–H groups in total. The lowest BCUT2D eigenvalue weighted by atomic mass is 10.1. The summed E-state index contributed by atoms with van der Waals surface area (Å²) in [5, 5.41) is 2.95. The quantitative estimate of drug-likeness (QED) is 0.892. The zero-order valence-electron chi connectivity index (χ0n) is 16.4. The van der Waals surface area contributed by atoms with Gasteiger partial charge in [0, 0.05) is 38.1 Å². The summed E-state index contributed by atoms with van der Waals surface area (Å²) in [6, 6.07) is 11.6. The Labute approximate surface area is 155 Å². The van der Waals surface area contributed by atoms with Gasteiger partial charge in [0.2, 0.25) is 11.8 Å². The fourth-order valence-corrected chi connectivity index (χ4v) is 3.01. The van der Waals surface area contributed by atoms with E-state index in [2.05, 4.69) is 5.32 Å². The first-order valence-corrected chi connectivity index (χ1v) is 8.62. The highest BCUT2D eigenvalue weighted by molar-refractivity contribution is 6.02. The molecule has 0 aliphatic heterocycles. The van der Waals surface area contributed by atoms with E-state index in [4.69, 9.17) is 0 Å². The summed E-state index contributed by atoms with van der Waals surface area (Å²) in [4.78, 5) is 28.1. The van der Waals surface area contributed by atoms with Crippen LogP contribution in [0.5, 0.6) is 0 Å².